The molecular formula is C13H10S. The molecule has 0 saturated heterocycles. The van der Waals surface area contributed by atoms with Crippen LogP contribution in [0.3, 0.4) is 0 Å². The smallest absolute Gasteiger partial charge is 0.0768 e. The van der Waals surface area contributed by atoms with E-state index in [2.05, 4.69) is 41.6 Å². The van der Waals surface area contributed by atoms with E-state index in [1.54, 1.807) is 11.3 Å². The van der Waals surface area contributed by atoms with E-state index in [1.807, 2.05) is 6.07 Å². The predicted octanol–water partition coefficient (Wildman–Crippen LogP) is 3.32. The number of hydrogen-bond acceptors (Lipinski definition) is 1. The molecule has 0 aliphatic carbocycles. The Morgan fingerprint density at radius 3 is 2.57 bits per heavy atom. The molecule has 0 bridgehead atoms. The van der Waals surface area contributed by atoms with Gasteiger partial charge in [0.25, 0.3) is 0 Å². The van der Waals surface area contributed by atoms with Crippen molar-refractivity contribution >= 4 is 11.3 Å². The first-order chi connectivity index (χ1) is 6.88. The van der Waals surface area contributed by atoms with Gasteiger partial charge in [0.05, 0.1) is 4.88 Å². The second kappa shape index (κ2) is 4.13. The van der Waals surface area contributed by atoms with E-state index in [4.69, 9.17) is 6.42 Å². The highest BCUT2D eigenvalue weighted by molar-refractivity contribution is 7.10. The Hall–Kier alpha value is -1.52. The molecule has 0 nitrogen and oxygen atoms in total. The minimum absolute atomic E-state index is 0.971. The molecule has 68 valence electrons. The van der Waals surface area contributed by atoms with Crippen LogP contribution in [0.15, 0.2) is 41.8 Å². The first-order valence-electron chi connectivity index (χ1n) is 4.46. The van der Waals surface area contributed by atoms with Crippen molar-refractivity contribution in [1.29, 1.82) is 0 Å². The van der Waals surface area contributed by atoms with Crippen LogP contribution in [0, 0.1) is 12.3 Å². The lowest BCUT2D eigenvalue weighted by Gasteiger charge is -1.96. The first-order valence-corrected chi connectivity index (χ1v) is 5.34. The molecule has 0 fully saturated rings. The number of benzene rings is 1. The van der Waals surface area contributed by atoms with E-state index in [-0.39, 0.29) is 0 Å². The third-order valence-electron chi connectivity index (χ3n) is 2.05. The van der Waals surface area contributed by atoms with Gasteiger partial charge < -0.3 is 0 Å². The zero-order valence-electron chi connectivity index (χ0n) is 7.73. The maximum absolute atomic E-state index is 5.32. The van der Waals surface area contributed by atoms with Crippen molar-refractivity contribution < 1.29 is 0 Å². The Kier molecular flexibility index (Phi) is 2.67. The fraction of sp³-hybridized carbons (Fsp3) is 0.0769. The third kappa shape index (κ3) is 2.04. The van der Waals surface area contributed by atoms with Crippen LogP contribution in [-0.2, 0) is 6.42 Å². The molecule has 0 spiro atoms. The lowest BCUT2D eigenvalue weighted by molar-refractivity contribution is 1.21. The van der Waals surface area contributed by atoms with E-state index in [0.29, 0.717) is 0 Å². The minimum Gasteiger partial charge on any atom is -0.135 e. The third-order valence-corrected chi connectivity index (χ3v) is 2.96. The van der Waals surface area contributed by atoms with E-state index in [0.717, 1.165) is 11.3 Å². The van der Waals surface area contributed by atoms with Crippen LogP contribution in [-0.4, -0.2) is 0 Å². The van der Waals surface area contributed by atoms with Gasteiger partial charge in [0.1, 0.15) is 0 Å². The number of hydrogen-bond donors (Lipinski definition) is 0. The lowest BCUT2D eigenvalue weighted by atomic mass is 10.1. The molecule has 0 radical (unpaired) electrons. The van der Waals surface area contributed by atoms with Gasteiger partial charge in [-0.1, -0.05) is 36.3 Å². The quantitative estimate of drug-likeness (QED) is 0.649. The van der Waals surface area contributed by atoms with Crippen LogP contribution in [0.2, 0.25) is 0 Å². The van der Waals surface area contributed by atoms with Gasteiger partial charge in [-0.3, -0.25) is 0 Å². The summed E-state index contributed by atoms with van der Waals surface area (Å²) in [6, 6.07) is 12.5. The van der Waals surface area contributed by atoms with Crippen molar-refractivity contribution in [2.45, 2.75) is 6.42 Å². The summed E-state index contributed by atoms with van der Waals surface area (Å²) < 4.78 is 0. The summed E-state index contributed by atoms with van der Waals surface area (Å²) in [7, 11) is 0. The zero-order chi connectivity index (χ0) is 9.80. The van der Waals surface area contributed by atoms with Crippen LogP contribution in [0.4, 0.5) is 0 Å². The number of thiophene rings is 1. The summed E-state index contributed by atoms with van der Waals surface area (Å²) >= 11 is 1.63. The van der Waals surface area contributed by atoms with Gasteiger partial charge in [0.15, 0.2) is 0 Å². The summed E-state index contributed by atoms with van der Waals surface area (Å²) in [4.78, 5) is 1.01. The predicted molar refractivity (Wildman–Crippen MR) is 61.5 cm³/mol. The molecule has 0 aliphatic heterocycles. The van der Waals surface area contributed by atoms with E-state index < -0.39 is 0 Å². The van der Waals surface area contributed by atoms with Crippen molar-refractivity contribution in [3.63, 3.8) is 0 Å². The monoisotopic (exact) mass is 198 g/mol. The molecule has 0 aliphatic rings. The fourth-order valence-corrected chi connectivity index (χ4v) is 2.09. The van der Waals surface area contributed by atoms with Crippen LogP contribution in [0.1, 0.15) is 16.0 Å². The summed E-state index contributed by atoms with van der Waals surface area (Å²) in [6.45, 7) is 0. The summed E-state index contributed by atoms with van der Waals surface area (Å²) in [5.74, 6) is 2.65. The topological polar surface area (TPSA) is 0 Å². The number of rotatable bonds is 2. The van der Waals surface area contributed by atoms with Gasteiger partial charge >= 0.3 is 0 Å². The second-order valence-electron chi connectivity index (χ2n) is 3.13. The molecule has 0 saturated carbocycles. The second-order valence-corrected chi connectivity index (χ2v) is 4.04. The Morgan fingerprint density at radius 2 is 1.93 bits per heavy atom. The normalized spacial score (nSPS) is 9.64. The number of terminal acetylenes is 1. The highest BCUT2D eigenvalue weighted by Crippen LogP contribution is 2.16. The van der Waals surface area contributed by atoms with Gasteiger partial charge in [-0.25, -0.2) is 0 Å². The average molecular weight is 198 g/mol. The maximum Gasteiger partial charge on any atom is 0.0768 e. The van der Waals surface area contributed by atoms with E-state index >= 15 is 0 Å². The van der Waals surface area contributed by atoms with Crippen LogP contribution < -0.4 is 0 Å². The van der Waals surface area contributed by atoms with Crippen molar-refractivity contribution in [3.05, 3.63) is 57.8 Å². The van der Waals surface area contributed by atoms with Crippen LogP contribution in [0.5, 0.6) is 0 Å². The molecule has 1 aromatic carbocycles. The Bertz CT molecular complexity index is 446. The van der Waals surface area contributed by atoms with Crippen LogP contribution in [0.25, 0.3) is 0 Å². The highest BCUT2D eigenvalue weighted by atomic mass is 32.1. The largest absolute Gasteiger partial charge is 0.135 e. The molecule has 2 aromatic rings. The molecule has 2 rings (SSSR count). The van der Waals surface area contributed by atoms with Gasteiger partial charge in [-0.15, -0.1) is 17.8 Å². The summed E-state index contributed by atoms with van der Waals surface area (Å²) in [6.07, 6.45) is 6.29. The maximum atomic E-state index is 5.32. The molecule has 0 amide bonds. The fourth-order valence-electron chi connectivity index (χ4n) is 1.38. The molecular weight excluding hydrogens is 188 g/mol. The Morgan fingerprint density at radius 1 is 1.14 bits per heavy atom. The van der Waals surface area contributed by atoms with Gasteiger partial charge in [0.2, 0.25) is 0 Å². The van der Waals surface area contributed by atoms with Gasteiger partial charge in [-0.2, -0.15) is 0 Å². The molecule has 0 unspecified atom stereocenters. The van der Waals surface area contributed by atoms with Gasteiger partial charge in [-0.05, 0) is 29.0 Å². The lowest BCUT2D eigenvalue weighted by Crippen LogP contribution is -1.83. The van der Waals surface area contributed by atoms with E-state index in [9.17, 15) is 0 Å². The first kappa shape index (κ1) is 9.05. The summed E-state index contributed by atoms with van der Waals surface area (Å²) in [5, 5.41) is 2.13. The van der Waals surface area contributed by atoms with Crippen molar-refractivity contribution in [2.24, 2.45) is 0 Å². The molecule has 0 N–H and O–H groups in total. The van der Waals surface area contributed by atoms with Gasteiger partial charge in [0, 0.05) is 0 Å². The van der Waals surface area contributed by atoms with Crippen molar-refractivity contribution in [2.75, 3.05) is 0 Å². The average Bonchev–Trinajstić information content (AvgIpc) is 2.67. The molecule has 0 atom stereocenters. The van der Waals surface area contributed by atoms with Crippen LogP contribution >= 0.6 is 11.3 Å². The Labute approximate surface area is 88.2 Å². The minimum atomic E-state index is 0.971. The van der Waals surface area contributed by atoms with Crippen molar-refractivity contribution in [1.82, 2.24) is 0 Å². The van der Waals surface area contributed by atoms with E-state index in [1.165, 1.54) is 11.1 Å². The zero-order valence-corrected chi connectivity index (χ0v) is 8.55. The molecule has 1 aromatic heterocycles. The Balaban J connectivity index is 2.16. The standard InChI is InChI=1S/C13H10S/c1-2-13-9-12(10-14-13)8-11-6-4-3-5-7-11/h1,3-7,9-10H,8H2. The molecule has 1 heteroatoms. The molecule has 1 heterocycles. The SMILES string of the molecule is C#Cc1cc(Cc2ccccc2)cs1. The highest BCUT2D eigenvalue weighted by Gasteiger charge is 1.98. The summed E-state index contributed by atoms with van der Waals surface area (Å²) in [5.41, 5.74) is 2.63. The molecule has 14 heavy (non-hydrogen) atoms. The van der Waals surface area contributed by atoms with Crippen molar-refractivity contribution in [3.8, 4) is 12.3 Å².